The predicted octanol–water partition coefficient (Wildman–Crippen LogP) is 3.59. The summed E-state index contributed by atoms with van der Waals surface area (Å²) in [7, 11) is 0. The molecule has 8 heteroatoms. The van der Waals surface area contributed by atoms with E-state index < -0.39 is 17.7 Å². The molecule has 34 heavy (non-hydrogen) atoms. The number of para-hydroxylation sites is 1. The third-order valence-corrected chi connectivity index (χ3v) is 5.88. The highest BCUT2D eigenvalue weighted by Gasteiger charge is 2.46. The number of aliphatic hydroxyl groups excluding tert-OH is 1. The first-order chi connectivity index (χ1) is 16.6. The van der Waals surface area contributed by atoms with E-state index in [1.54, 1.807) is 54.6 Å². The van der Waals surface area contributed by atoms with Crippen molar-refractivity contribution >= 4 is 17.4 Å². The summed E-state index contributed by atoms with van der Waals surface area (Å²) >= 11 is 0. The van der Waals surface area contributed by atoms with Crippen molar-refractivity contribution in [2.24, 2.45) is 0 Å². The Kier molecular flexibility index (Phi) is 5.47. The van der Waals surface area contributed by atoms with Gasteiger partial charge in [-0.25, -0.2) is 4.68 Å². The maximum atomic E-state index is 13.2. The van der Waals surface area contributed by atoms with Crippen LogP contribution in [0, 0.1) is 6.92 Å². The van der Waals surface area contributed by atoms with Crippen LogP contribution in [-0.4, -0.2) is 41.4 Å². The quantitative estimate of drug-likeness (QED) is 0.283. The molecule has 1 aromatic carbocycles. The van der Waals surface area contributed by atoms with Gasteiger partial charge in [-0.1, -0.05) is 30.3 Å². The van der Waals surface area contributed by atoms with Crippen molar-refractivity contribution in [2.75, 3.05) is 0 Å². The zero-order valence-corrected chi connectivity index (χ0v) is 18.4. The van der Waals surface area contributed by atoms with E-state index in [4.69, 9.17) is 0 Å². The Balaban J connectivity index is 1.64. The SMILES string of the molecule is Cc1c(/C(O)=C2/C(=O)C(=O)N(Cc3cccnc3)C2c2cccnc2)cnn1-c1ccccc1. The number of nitrogens with zero attached hydrogens (tertiary/aromatic N) is 5. The molecule has 1 atom stereocenters. The number of rotatable bonds is 5. The van der Waals surface area contributed by atoms with Crippen molar-refractivity contribution in [3.8, 4) is 5.69 Å². The molecule has 4 heterocycles. The molecule has 5 rings (SSSR count). The number of aromatic nitrogens is 4. The summed E-state index contributed by atoms with van der Waals surface area (Å²) in [6.07, 6.45) is 8.01. The van der Waals surface area contributed by atoms with Crippen LogP contribution in [0.5, 0.6) is 0 Å². The van der Waals surface area contributed by atoms with Crippen LogP contribution < -0.4 is 0 Å². The van der Waals surface area contributed by atoms with Gasteiger partial charge in [-0.15, -0.1) is 0 Å². The Hall–Kier alpha value is -4.59. The smallest absolute Gasteiger partial charge is 0.295 e. The van der Waals surface area contributed by atoms with Gasteiger partial charge in [0, 0.05) is 31.3 Å². The lowest BCUT2D eigenvalue weighted by Gasteiger charge is -2.25. The molecular weight excluding hydrogens is 430 g/mol. The van der Waals surface area contributed by atoms with E-state index in [1.165, 1.54) is 11.1 Å². The topological polar surface area (TPSA) is 101 Å². The lowest BCUT2D eigenvalue weighted by molar-refractivity contribution is -0.140. The minimum Gasteiger partial charge on any atom is -0.507 e. The second-order valence-corrected chi connectivity index (χ2v) is 7.97. The standard InChI is InChI=1S/C26H21N5O3/c1-17-21(15-29-31(17)20-9-3-2-4-10-20)24(32)22-23(19-8-6-12-28-14-19)30(26(34)25(22)33)16-18-7-5-11-27-13-18/h2-15,23,32H,16H2,1H3/b24-22-. The molecule has 1 aliphatic rings. The van der Waals surface area contributed by atoms with Gasteiger partial charge in [0.05, 0.1) is 34.8 Å². The van der Waals surface area contributed by atoms with Crippen molar-refractivity contribution in [3.05, 3.63) is 114 Å². The van der Waals surface area contributed by atoms with E-state index >= 15 is 0 Å². The minimum absolute atomic E-state index is 0.0117. The van der Waals surface area contributed by atoms with E-state index in [-0.39, 0.29) is 17.9 Å². The Morgan fingerprint density at radius 3 is 2.35 bits per heavy atom. The fourth-order valence-electron chi connectivity index (χ4n) is 4.23. The molecule has 8 nitrogen and oxygen atoms in total. The zero-order valence-electron chi connectivity index (χ0n) is 18.4. The van der Waals surface area contributed by atoms with Gasteiger partial charge < -0.3 is 10.0 Å². The van der Waals surface area contributed by atoms with E-state index in [9.17, 15) is 14.7 Å². The van der Waals surface area contributed by atoms with Crippen molar-refractivity contribution in [1.82, 2.24) is 24.6 Å². The lowest BCUT2D eigenvalue weighted by atomic mass is 9.96. The van der Waals surface area contributed by atoms with Crippen LogP contribution in [0.3, 0.4) is 0 Å². The van der Waals surface area contributed by atoms with Crippen molar-refractivity contribution in [1.29, 1.82) is 0 Å². The highest BCUT2D eigenvalue weighted by Crippen LogP contribution is 2.40. The Morgan fingerprint density at radius 1 is 0.941 bits per heavy atom. The van der Waals surface area contributed by atoms with Crippen LogP contribution in [0.4, 0.5) is 0 Å². The molecule has 0 aliphatic carbocycles. The number of hydrogen-bond donors (Lipinski definition) is 1. The second kappa shape index (κ2) is 8.74. The molecule has 4 aromatic rings. The van der Waals surface area contributed by atoms with Gasteiger partial charge in [0.2, 0.25) is 0 Å². The fourth-order valence-corrected chi connectivity index (χ4v) is 4.23. The van der Waals surface area contributed by atoms with Crippen LogP contribution >= 0.6 is 0 Å². The van der Waals surface area contributed by atoms with Gasteiger partial charge in [0.25, 0.3) is 11.7 Å². The van der Waals surface area contributed by atoms with Gasteiger partial charge in [0.15, 0.2) is 0 Å². The number of ketones is 1. The third-order valence-electron chi connectivity index (χ3n) is 5.88. The zero-order chi connectivity index (χ0) is 23.7. The fraction of sp³-hybridized carbons (Fsp3) is 0.115. The number of pyridine rings is 2. The number of hydrogen-bond acceptors (Lipinski definition) is 6. The number of carbonyl (C=O) groups is 2. The molecule has 0 spiro atoms. The molecule has 0 bridgehead atoms. The minimum atomic E-state index is -0.798. The molecule has 1 N–H and O–H groups in total. The molecular formula is C26H21N5O3. The molecule has 3 aromatic heterocycles. The molecule has 1 fully saturated rings. The van der Waals surface area contributed by atoms with E-state index in [0.29, 0.717) is 16.8 Å². The van der Waals surface area contributed by atoms with Crippen LogP contribution in [0.15, 0.2) is 91.2 Å². The highest BCUT2D eigenvalue weighted by molar-refractivity contribution is 6.46. The van der Waals surface area contributed by atoms with Crippen molar-refractivity contribution in [2.45, 2.75) is 19.5 Å². The summed E-state index contributed by atoms with van der Waals surface area (Å²) in [5.74, 6) is -1.70. The third kappa shape index (κ3) is 3.65. The highest BCUT2D eigenvalue weighted by atomic mass is 16.3. The van der Waals surface area contributed by atoms with Crippen LogP contribution in [0.2, 0.25) is 0 Å². The summed E-state index contributed by atoms with van der Waals surface area (Å²) in [5, 5.41) is 15.8. The maximum absolute atomic E-state index is 13.2. The first-order valence-electron chi connectivity index (χ1n) is 10.7. The molecule has 1 amide bonds. The van der Waals surface area contributed by atoms with Gasteiger partial charge in [-0.2, -0.15) is 5.10 Å². The number of carbonyl (C=O) groups excluding carboxylic acids is 2. The Labute approximate surface area is 195 Å². The van der Waals surface area contributed by atoms with Crippen LogP contribution in [0.1, 0.15) is 28.4 Å². The largest absolute Gasteiger partial charge is 0.507 e. The van der Waals surface area contributed by atoms with Gasteiger partial charge in [0.1, 0.15) is 5.76 Å². The van der Waals surface area contributed by atoms with Crippen molar-refractivity contribution in [3.63, 3.8) is 0 Å². The Bertz CT molecular complexity index is 1380. The average Bonchev–Trinajstić information content (AvgIpc) is 3.38. The molecule has 1 aliphatic heterocycles. The summed E-state index contributed by atoms with van der Waals surface area (Å²) < 4.78 is 1.68. The monoisotopic (exact) mass is 451 g/mol. The van der Waals surface area contributed by atoms with Crippen molar-refractivity contribution < 1.29 is 14.7 Å². The van der Waals surface area contributed by atoms with E-state index in [1.807, 2.05) is 36.4 Å². The number of Topliss-reactive ketones (excluding diaryl/α,β-unsaturated/α-hetero) is 1. The first-order valence-corrected chi connectivity index (χ1v) is 10.7. The normalized spacial score (nSPS) is 17.3. The second-order valence-electron chi connectivity index (χ2n) is 7.97. The summed E-state index contributed by atoms with van der Waals surface area (Å²) in [5.41, 5.74) is 3.26. The Morgan fingerprint density at radius 2 is 1.68 bits per heavy atom. The molecule has 168 valence electrons. The van der Waals surface area contributed by atoms with Gasteiger partial charge in [-0.05, 0) is 42.3 Å². The maximum Gasteiger partial charge on any atom is 0.295 e. The predicted molar refractivity (Wildman–Crippen MR) is 125 cm³/mol. The van der Waals surface area contributed by atoms with Crippen LogP contribution in [-0.2, 0) is 16.1 Å². The van der Waals surface area contributed by atoms with E-state index in [2.05, 4.69) is 15.1 Å². The van der Waals surface area contributed by atoms with Gasteiger partial charge in [-0.3, -0.25) is 19.6 Å². The number of likely N-dealkylation sites (tertiary alicyclic amines) is 1. The summed E-state index contributed by atoms with van der Waals surface area (Å²) in [4.78, 5) is 36.1. The number of amides is 1. The molecule has 0 saturated carbocycles. The van der Waals surface area contributed by atoms with E-state index in [0.717, 1.165) is 11.3 Å². The molecule has 1 unspecified atom stereocenters. The van der Waals surface area contributed by atoms with Crippen LogP contribution in [0.25, 0.3) is 11.4 Å². The lowest BCUT2D eigenvalue weighted by Crippen LogP contribution is -2.29. The average molecular weight is 451 g/mol. The van der Waals surface area contributed by atoms with Gasteiger partial charge >= 0.3 is 0 Å². The molecule has 1 saturated heterocycles. The summed E-state index contributed by atoms with van der Waals surface area (Å²) in [6.45, 7) is 1.97. The number of benzene rings is 1. The molecule has 0 radical (unpaired) electrons. The summed E-state index contributed by atoms with van der Waals surface area (Å²) in [6, 6.07) is 15.8. The first kappa shape index (κ1) is 21.3. The number of aliphatic hydroxyl groups is 1.